The first-order valence-corrected chi connectivity index (χ1v) is 34.3. The minimum absolute atomic E-state index is 0.0569. The van der Waals surface area contributed by atoms with Gasteiger partial charge in [-0.3, -0.25) is 14.4 Å². The molecule has 6 atom stereocenters. The molecule has 0 radical (unpaired) electrons. The van der Waals surface area contributed by atoms with Crippen LogP contribution >= 0.6 is 0 Å². The van der Waals surface area contributed by atoms with Crippen molar-refractivity contribution in [2.75, 3.05) is 13.2 Å². The van der Waals surface area contributed by atoms with Crippen LogP contribution in [0.1, 0.15) is 316 Å². The molecular weight excluding hydrogens is 1040 g/mol. The molecule has 6 unspecified atom stereocenters. The van der Waals surface area contributed by atoms with E-state index in [4.69, 9.17) is 23.7 Å². The van der Waals surface area contributed by atoms with Crippen LogP contribution in [-0.2, 0) is 42.9 Å². The van der Waals surface area contributed by atoms with Crippen molar-refractivity contribution in [3.63, 3.8) is 0 Å². The summed E-state index contributed by atoms with van der Waals surface area (Å²) in [4.78, 5) is 51.4. The minimum atomic E-state index is -1.91. The number of carbonyl (C=O) groups is 4. The third-order valence-corrected chi connectivity index (χ3v) is 15.5. The van der Waals surface area contributed by atoms with E-state index >= 15 is 0 Å². The predicted molar refractivity (Wildman–Crippen MR) is 340 cm³/mol. The van der Waals surface area contributed by atoms with Crippen LogP contribution in [0.4, 0.5) is 0 Å². The lowest BCUT2D eigenvalue weighted by Crippen LogP contribution is -2.61. The van der Waals surface area contributed by atoms with E-state index in [2.05, 4.69) is 81.5 Å². The monoisotopic (exact) mass is 1170 g/mol. The topological polar surface area (TPSA) is 175 Å². The van der Waals surface area contributed by atoms with Gasteiger partial charge < -0.3 is 39.0 Å². The number of hydrogen-bond acceptors (Lipinski definition) is 11. The third kappa shape index (κ3) is 48.3. The summed E-state index contributed by atoms with van der Waals surface area (Å²) in [6.07, 6.45) is 61.7. The average Bonchev–Trinajstić information content (AvgIpc) is 3.57. The first kappa shape index (κ1) is 77.4. The van der Waals surface area contributed by atoms with Gasteiger partial charge in [-0.15, -0.1) is 0 Å². The van der Waals surface area contributed by atoms with Gasteiger partial charge in [0, 0.05) is 19.3 Å². The van der Waals surface area contributed by atoms with E-state index in [1.165, 1.54) is 148 Å². The van der Waals surface area contributed by atoms with Gasteiger partial charge in [0.2, 0.25) is 0 Å². The molecule has 1 rings (SSSR count). The molecule has 1 heterocycles. The van der Waals surface area contributed by atoms with Crippen LogP contribution in [-0.4, -0.2) is 89.2 Å². The van der Waals surface area contributed by atoms with E-state index in [0.717, 1.165) is 109 Å². The lowest BCUT2D eigenvalue weighted by molar-refractivity contribution is -0.301. The molecule has 0 spiro atoms. The summed E-state index contributed by atoms with van der Waals surface area (Å²) >= 11 is 0. The van der Waals surface area contributed by atoms with Crippen molar-refractivity contribution in [3.8, 4) is 0 Å². The Hall–Kier alpha value is -3.58. The molecule has 12 nitrogen and oxygen atoms in total. The maximum absolute atomic E-state index is 13.2. The van der Waals surface area contributed by atoms with Crippen molar-refractivity contribution in [1.82, 2.24) is 0 Å². The Morgan fingerprint density at radius 3 is 1.12 bits per heavy atom. The van der Waals surface area contributed by atoms with E-state index in [1.807, 2.05) is 0 Å². The normalized spacial score (nSPS) is 17.9. The molecular formula is C71H124O12. The van der Waals surface area contributed by atoms with Gasteiger partial charge in [0.05, 0.1) is 6.61 Å². The number of aliphatic carboxylic acids is 1. The van der Waals surface area contributed by atoms with Crippen molar-refractivity contribution in [1.29, 1.82) is 0 Å². The zero-order valence-electron chi connectivity index (χ0n) is 53.2. The fourth-order valence-corrected chi connectivity index (χ4v) is 10.2. The van der Waals surface area contributed by atoms with Crippen LogP contribution in [0.3, 0.4) is 0 Å². The maximum atomic E-state index is 13.2. The lowest BCUT2D eigenvalue weighted by Gasteiger charge is -2.40. The molecule has 12 heteroatoms. The Labute approximate surface area is 506 Å². The van der Waals surface area contributed by atoms with Gasteiger partial charge in [0.1, 0.15) is 18.8 Å². The molecule has 1 aliphatic rings. The quantitative estimate of drug-likeness (QED) is 0.0228. The van der Waals surface area contributed by atoms with Crippen LogP contribution in [0.25, 0.3) is 0 Å². The third-order valence-electron chi connectivity index (χ3n) is 15.5. The van der Waals surface area contributed by atoms with Crippen molar-refractivity contribution < 1.29 is 58.2 Å². The number of allylic oxidation sites excluding steroid dienone is 10. The SMILES string of the molecule is CCCCC/C=C\C/C=C\CCCCCCCCCCCC(=O)OCC(COC1OC(C(=O)O)C(O)C(O)C1OC(=O)CCCCCCCCCCC/C=C\CCCCCCCC)OC(=O)CCCCCCC/C=C\C/C=C\CCCCC. The number of aliphatic hydroxyl groups excluding tert-OH is 2. The van der Waals surface area contributed by atoms with Crippen molar-refractivity contribution >= 4 is 23.9 Å². The first-order chi connectivity index (χ1) is 40.6. The van der Waals surface area contributed by atoms with Gasteiger partial charge in [0.25, 0.3) is 0 Å². The van der Waals surface area contributed by atoms with E-state index < -0.39 is 67.3 Å². The molecule has 0 aliphatic carbocycles. The number of carbonyl (C=O) groups excluding carboxylic acids is 3. The van der Waals surface area contributed by atoms with E-state index in [1.54, 1.807) is 0 Å². The van der Waals surface area contributed by atoms with Gasteiger partial charge in [-0.25, -0.2) is 4.79 Å². The molecule has 0 aromatic carbocycles. The fraction of sp³-hybridized carbons (Fsp3) is 0.803. The standard InChI is InChI=1S/C71H124O12/c1-4-7-10-13-16-19-22-25-28-30-32-34-37-39-42-45-48-51-54-57-63(72)79-60-62(81-64(73)58-55-52-49-46-43-40-36-27-24-21-18-15-12-9-6-3)61-80-71-69(67(76)66(75)68(83-71)70(77)78)82-65(74)59-56-53-50-47-44-41-38-35-33-31-29-26-23-20-17-14-11-8-5-2/h16,18-19,21,25-29,36,62,66-69,71,75-76H,4-15,17,20,22-24,30-35,37-61H2,1-3H3,(H,77,78)/b19-16-,21-18-,28-25-,29-26-,36-27-. The number of carboxylic acids is 1. The summed E-state index contributed by atoms with van der Waals surface area (Å²) < 4.78 is 28.6. The highest BCUT2D eigenvalue weighted by molar-refractivity contribution is 5.74. The second-order valence-corrected chi connectivity index (χ2v) is 23.5. The zero-order chi connectivity index (χ0) is 60.3. The Balaban J connectivity index is 2.63. The Kier molecular flexibility index (Phi) is 54.8. The van der Waals surface area contributed by atoms with Crippen LogP contribution in [0.5, 0.6) is 0 Å². The Morgan fingerprint density at radius 1 is 0.398 bits per heavy atom. The van der Waals surface area contributed by atoms with Crippen molar-refractivity contribution in [2.24, 2.45) is 0 Å². The highest BCUT2D eigenvalue weighted by atomic mass is 16.7. The van der Waals surface area contributed by atoms with Crippen LogP contribution in [0.15, 0.2) is 60.8 Å². The molecule has 83 heavy (non-hydrogen) atoms. The number of unbranched alkanes of at least 4 members (excludes halogenated alkanes) is 35. The molecule has 480 valence electrons. The van der Waals surface area contributed by atoms with E-state index in [-0.39, 0.29) is 25.9 Å². The van der Waals surface area contributed by atoms with Gasteiger partial charge in [-0.05, 0) is 109 Å². The van der Waals surface area contributed by atoms with Crippen LogP contribution in [0, 0.1) is 0 Å². The molecule has 0 aromatic rings. The zero-order valence-corrected chi connectivity index (χ0v) is 53.2. The summed E-state index contributed by atoms with van der Waals surface area (Å²) in [5.41, 5.74) is 0. The molecule has 3 N–H and O–H groups in total. The van der Waals surface area contributed by atoms with Gasteiger partial charge in [0.15, 0.2) is 24.6 Å². The van der Waals surface area contributed by atoms with Crippen molar-refractivity contribution in [2.45, 2.75) is 353 Å². The number of ether oxygens (including phenoxy) is 5. The molecule has 0 amide bonds. The molecule has 1 saturated heterocycles. The predicted octanol–water partition coefficient (Wildman–Crippen LogP) is 18.7. The van der Waals surface area contributed by atoms with Crippen molar-refractivity contribution in [3.05, 3.63) is 60.8 Å². The number of esters is 3. The van der Waals surface area contributed by atoms with Gasteiger partial charge in [-0.2, -0.15) is 0 Å². The van der Waals surface area contributed by atoms with Crippen LogP contribution in [0.2, 0.25) is 0 Å². The largest absolute Gasteiger partial charge is 0.479 e. The van der Waals surface area contributed by atoms with E-state index in [9.17, 15) is 34.5 Å². The number of carboxylic acid groups (broad SMARTS) is 1. The summed E-state index contributed by atoms with van der Waals surface area (Å²) in [6, 6.07) is 0. The molecule has 1 fully saturated rings. The summed E-state index contributed by atoms with van der Waals surface area (Å²) in [7, 11) is 0. The van der Waals surface area contributed by atoms with Gasteiger partial charge in [-0.1, -0.05) is 248 Å². The fourth-order valence-electron chi connectivity index (χ4n) is 10.2. The minimum Gasteiger partial charge on any atom is -0.479 e. The summed E-state index contributed by atoms with van der Waals surface area (Å²) in [5.74, 6) is -3.12. The average molecular weight is 1170 g/mol. The maximum Gasteiger partial charge on any atom is 0.335 e. The second-order valence-electron chi connectivity index (χ2n) is 23.5. The Bertz CT molecular complexity index is 1670. The van der Waals surface area contributed by atoms with Gasteiger partial charge >= 0.3 is 23.9 Å². The number of rotatable bonds is 59. The smallest absolute Gasteiger partial charge is 0.335 e. The molecule has 0 aromatic heterocycles. The summed E-state index contributed by atoms with van der Waals surface area (Å²) in [6.45, 7) is 5.97. The number of hydrogen-bond donors (Lipinski definition) is 3. The first-order valence-electron chi connectivity index (χ1n) is 34.3. The molecule has 0 saturated carbocycles. The van der Waals surface area contributed by atoms with E-state index in [0.29, 0.717) is 19.3 Å². The highest BCUT2D eigenvalue weighted by Gasteiger charge is 2.50. The highest BCUT2D eigenvalue weighted by Crippen LogP contribution is 2.27. The summed E-state index contributed by atoms with van der Waals surface area (Å²) in [5, 5.41) is 31.6. The van der Waals surface area contributed by atoms with Crippen LogP contribution < -0.4 is 0 Å². The lowest BCUT2D eigenvalue weighted by atomic mass is 9.98. The molecule has 1 aliphatic heterocycles. The second kappa shape index (κ2) is 58.8. The Morgan fingerprint density at radius 2 is 0.723 bits per heavy atom. The number of aliphatic hydroxyl groups is 2. The molecule has 0 bridgehead atoms.